The van der Waals surface area contributed by atoms with Gasteiger partial charge in [-0.15, -0.1) is 0 Å². The number of anilines is 1. The van der Waals surface area contributed by atoms with Crippen molar-refractivity contribution in [2.75, 3.05) is 19.0 Å². The average molecular weight is 324 g/mol. The summed E-state index contributed by atoms with van der Waals surface area (Å²) in [5.41, 5.74) is 1.92. The summed E-state index contributed by atoms with van der Waals surface area (Å²) >= 11 is 12.4. The van der Waals surface area contributed by atoms with Gasteiger partial charge in [0, 0.05) is 18.6 Å². The van der Waals surface area contributed by atoms with E-state index in [1.54, 1.807) is 0 Å². The number of rotatable bonds is 5. The number of pyridine rings is 1. The van der Waals surface area contributed by atoms with Crippen LogP contribution in [0.4, 0.5) is 5.82 Å². The average Bonchev–Trinajstić information content (AvgIpc) is 2.49. The molecule has 112 valence electrons. The number of hydrogen-bond donors (Lipinski definition) is 1. The summed E-state index contributed by atoms with van der Waals surface area (Å²) in [4.78, 5) is 6.72. The summed E-state index contributed by atoms with van der Waals surface area (Å²) in [7, 11) is 3.88. The lowest BCUT2D eigenvalue weighted by molar-refractivity contribution is 0.719. The van der Waals surface area contributed by atoms with Gasteiger partial charge in [-0.3, -0.25) is 0 Å². The SMILES string of the molecule is CNCc1nc(N(C)C(C)c2ccccc2Cl)ccc1Cl. The van der Waals surface area contributed by atoms with Gasteiger partial charge in [-0.25, -0.2) is 4.98 Å². The third kappa shape index (κ3) is 3.67. The van der Waals surface area contributed by atoms with Crippen molar-refractivity contribution in [3.8, 4) is 0 Å². The Morgan fingerprint density at radius 3 is 2.52 bits per heavy atom. The molecule has 1 unspecified atom stereocenters. The van der Waals surface area contributed by atoms with Gasteiger partial charge in [0.05, 0.1) is 16.8 Å². The van der Waals surface area contributed by atoms with Gasteiger partial charge in [-0.2, -0.15) is 0 Å². The van der Waals surface area contributed by atoms with Crippen LogP contribution in [0.15, 0.2) is 36.4 Å². The predicted octanol–water partition coefficient (Wildman–Crippen LogP) is 4.31. The minimum Gasteiger partial charge on any atom is -0.353 e. The Bertz CT molecular complexity index is 616. The summed E-state index contributed by atoms with van der Waals surface area (Å²) in [5, 5.41) is 4.51. The molecule has 1 aromatic heterocycles. The fourth-order valence-electron chi connectivity index (χ4n) is 2.18. The van der Waals surface area contributed by atoms with Crippen molar-refractivity contribution in [1.29, 1.82) is 0 Å². The lowest BCUT2D eigenvalue weighted by Crippen LogP contribution is -2.23. The van der Waals surface area contributed by atoms with Crippen LogP contribution in [-0.4, -0.2) is 19.1 Å². The lowest BCUT2D eigenvalue weighted by Gasteiger charge is -2.27. The molecular formula is C16H19Cl2N3. The quantitative estimate of drug-likeness (QED) is 0.888. The topological polar surface area (TPSA) is 28.2 Å². The normalized spacial score (nSPS) is 12.2. The molecular weight excluding hydrogens is 305 g/mol. The smallest absolute Gasteiger partial charge is 0.129 e. The fraction of sp³-hybridized carbons (Fsp3) is 0.312. The second kappa shape index (κ2) is 7.12. The lowest BCUT2D eigenvalue weighted by atomic mass is 10.1. The van der Waals surface area contributed by atoms with Gasteiger partial charge in [0.15, 0.2) is 0 Å². The zero-order valence-electron chi connectivity index (χ0n) is 12.4. The van der Waals surface area contributed by atoms with Crippen LogP contribution in [0.5, 0.6) is 0 Å². The van der Waals surface area contributed by atoms with Crippen LogP contribution in [0.1, 0.15) is 24.2 Å². The molecule has 0 bridgehead atoms. The Labute approximate surface area is 135 Å². The van der Waals surface area contributed by atoms with Crippen molar-refractivity contribution in [3.05, 3.63) is 57.7 Å². The molecule has 0 amide bonds. The molecule has 3 nitrogen and oxygen atoms in total. The van der Waals surface area contributed by atoms with Crippen molar-refractivity contribution < 1.29 is 0 Å². The molecule has 0 radical (unpaired) electrons. The summed E-state index contributed by atoms with van der Waals surface area (Å²) in [6.45, 7) is 2.75. The summed E-state index contributed by atoms with van der Waals surface area (Å²) < 4.78 is 0. The molecule has 1 N–H and O–H groups in total. The Morgan fingerprint density at radius 2 is 1.86 bits per heavy atom. The first kappa shape index (κ1) is 16.1. The van der Waals surface area contributed by atoms with E-state index in [0.29, 0.717) is 11.6 Å². The standard InChI is InChI=1S/C16H19Cl2N3/c1-11(12-6-4-5-7-13(12)17)21(3)16-9-8-14(18)15(20-16)10-19-2/h4-9,11,19H,10H2,1-3H3. The molecule has 0 spiro atoms. The van der Waals surface area contributed by atoms with E-state index in [2.05, 4.69) is 22.1 Å². The molecule has 1 atom stereocenters. The summed E-state index contributed by atoms with van der Waals surface area (Å²) in [6.07, 6.45) is 0. The number of aromatic nitrogens is 1. The minimum atomic E-state index is 0.120. The summed E-state index contributed by atoms with van der Waals surface area (Å²) in [5.74, 6) is 0.872. The van der Waals surface area contributed by atoms with Crippen molar-refractivity contribution >= 4 is 29.0 Å². The predicted molar refractivity (Wildman–Crippen MR) is 90.3 cm³/mol. The maximum Gasteiger partial charge on any atom is 0.129 e. The Balaban J connectivity index is 2.29. The first-order valence-electron chi connectivity index (χ1n) is 6.82. The van der Waals surface area contributed by atoms with Crippen molar-refractivity contribution in [2.24, 2.45) is 0 Å². The molecule has 5 heteroatoms. The van der Waals surface area contributed by atoms with E-state index in [1.807, 2.05) is 50.5 Å². The van der Waals surface area contributed by atoms with Crippen LogP contribution in [0, 0.1) is 0 Å². The van der Waals surface area contributed by atoms with Gasteiger partial charge in [0.1, 0.15) is 5.82 Å². The van der Waals surface area contributed by atoms with Crippen LogP contribution < -0.4 is 10.2 Å². The third-order valence-electron chi connectivity index (χ3n) is 3.55. The number of benzene rings is 1. The molecule has 0 saturated heterocycles. The monoisotopic (exact) mass is 323 g/mol. The Hall–Kier alpha value is -1.29. The van der Waals surface area contributed by atoms with E-state index in [0.717, 1.165) is 22.1 Å². The van der Waals surface area contributed by atoms with E-state index in [-0.39, 0.29) is 6.04 Å². The molecule has 21 heavy (non-hydrogen) atoms. The van der Waals surface area contributed by atoms with Gasteiger partial charge < -0.3 is 10.2 Å². The van der Waals surface area contributed by atoms with E-state index >= 15 is 0 Å². The van der Waals surface area contributed by atoms with Crippen molar-refractivity contribution in [1.82, 2.24) is 10.3 Å². The second-order valence-corrected chi connectivity index (χ2v) is 5.75. The summed E-state index contributed by atoms with van der Waals surface area (Å²) in [6, 6.07) is 11.8. The van der Waals surface area contributed by atoms with Gasteiger partial charge in [-0.05, 0) is 37.7 Å². The molecule has 0 aliphatic heterocycles. The highest BCUT2D eigenvalue weighted by atomic mass is 35.5. The minimum absolute atomic E-state index is 0.120. The maximum atomic E-state index is 6.28. The molecule has 0 saturated carbocycles. The highest BCUT2D eigenvalue weighted by molar-refractivity contribution is 6.31. The molecule has 0 fully saturated rings. The Kier molecular flexibility index (Phi) is 5.45. The Morgan fingerprint density at radius 1 is 1.14 bits per heavy atom. The van der Waals surface area contributed by atoms with E-state index < -0.39 is 0 Å². The van der Waals surface area contributed by atoms with Gasteiger partial charge in [0.2, 0.25) is 0 Å². The molecule has 1 aromatic carbocycles. The largest absolute Gasteiger partial charge is 0.353 e. The maximum absolute atomic E-state index is 6.28. The molecule has 0 aliphatic carbocycles. The zero-order valence-corrected chi connectivity index (χ0v) is 13.9. The fourth-order valence-corrected chi connectivity index (χ4v) is 2.65. The number of nitrogens with zero attached hydrogens (tertiary/aromatic N) is 2. The van der Waals surface area contributed by atoms with Crippen molar-refractivity contribution in [3.63, 3.8) is 0 Å². The third-order valence-corrected chi connectivity index (χ3v) is 4.23. The van der Waals surface area contributed by atoms with Crippen LogP contribution in [0.3, 0.4) is 0 Å². The molecule has 2 rings (SSSR count). The van der Waals surface area contributed by atoms with E-state index in [1.165, 1.54) is 0 Å². The highest BCUT2D eigenvalue weighted by Gasteiger charge is 2.16. The van der Waals surface area contributed by atoms with Crippen LogP contribution >= 0.6 is 23.2 Å². The van der Waals surface area contributed by atoms with Crippen molar-refractivity contribution in [2.45, 2.75) is 19.5 Å². The van der Waals surface area contributed by atoms with E-state index in [4.69, 9.17) is 23.2 Å². The van der Waals surface area contributed by atoms with Crippen LogP contribution in [0.2, 0.25) is 10.0 Å². The molecule has 0 aliphatic rings. The first-order valence-corrected chi connectivity index (χ1v) is 7.57. The van der Waals surface area contributed by atoms with E-state index in [9.17, 15) is 0 Å². The van der Waals surface area contributed by atoms with Gasteiger partial charge >= 0.3 is 0 Å². The van der Waals surface area contributed by atoms with Gasteiger partial charge in [-0.1, -0.05) is 41.4 Å². The number of hydrogen-bond acceptors (Lipinski definition) is 3. The molecule has 1 heterocycles. The van der Waals surface area contributed by atoms with Crippen LogP contribution in [-0.2, 0) is 6.54 Å². The molecule has 2 aromatic rings. The van der Waals surface area contributed by atoms with Gasteiger partial charge in [0.25, 0.3) is 0 Å². The van der Waals surface area contributed by atoms with Crippen LogP contribution in [0.25, 0.3) is 0 Å². The zero-order chi connectivity index (χ0) is 15.4. The number of halogens is 2. The second-order valence-electron chi connectivity index (χ2n) is 4.94. The number of nitrogens with one attached hydrogen (secondary N) is 1. The highest BCUT2D eigenvalue weighted by Crippen LogP contribution is 2.29. The first-order chi connectivity index (χ1) is 10.0.